The first-order valence-corrected chi connectivity index (χ1v) is 7.56. The third kappa shape index (κ3) is 5.27. The van der Waals surface area contributed by atoms with Gasteiger partial charge in [-0.1, -0.05) is 13.8 Å². The van der Waals surface area contributed by atoms with Gasteiger partial charge in [-0.3, -0.25) is 4.79 Å². The van der Waals surface area contributed by atoms with Gasteiger partial charge in [0.25, 0.3) is 5.91 Å². The number of rotatable bonds is 8. The molecular weight excluding hydrogens is 268 g/mol. The lowest BCUT2D eigenvalue weighted by molar-refractivity contribution is 0.0756. The Balaban J connectivity index is 2.64. The molecule has 0 radical (unpaired) electrons. The molecule has 0 atom stereocenters. The molecule has 0 saturated heterocycles. The molecule has 0 aliphatic heterocycles. The average molecular weight is 294 g/mol. The van der Waals surface area contributed by atoms with E-state index in [-0.39, 0.29) is 17.4 Å². The van der Waals surface area contributed by atoms with E-state index < -0.39 is 0 Å². The molecule has 0 saturated carbocycles. The zero-order chi connectivity index (χ0) is 15.8. The Morgan fingerprint density at radius 1 is 0.952 bits per heavy atom. The third-order valence-electron chi connectivity index (χ3n) is 3.62. The van der Waals surface area contributed by atoms with Crippen LogP contribution < -0.4 is 0 Å². The lowest BCUT2D eigenvalue weighted by atomic mass is 10.1. The van der Waals surface area contributed by atoms with Crippen molar-refractivity contribution in [2.45, 2.75) is 27.2 Å². The summed E-state index contributed by atoms with van der Waals surface area (Å²) < 4.78 is 0. The molecular formula is C16H26N2O3. The minimum atomic E-state index is -0.164. The number of aromatic hydroxyl groups is 2. The number of phenolic OH excluding ortho intramolecular Hbond substituents is 2. The van der Waals surface area contributed by atoms with E-state index in [4.69, 9.17) is 0 Å². The van der Waals surface area contributed by atoms with Crippen molar-refractivity contribution in [3.63, 3.8) is 0 Å². The number of hydrogen-bond donors (Lipinski definition) is 2. The van der Waals surface area contributed by atoms with Gasteiger partial charge >= 0.3 is 0 Å². The van der Waals surface area contributed by atoms with E-state index in [1.165, 1.54) is 18.2 Å². The van der Waals surface area contributed by atoms with Gasteiger partial charge in [-0.05, 0) is 45.1 Å². The Bertz CT molecular complexity index is 439. The van der Waals surface area contributed by atoms with Crippen LogP contribution in [0.2, 0.25) is 0 Å². The maximum atomic E-state index is 12.4. The van der Waals surface area contributed by atoms with Crippen molar-refractivity contribution < 1.29 is 15.0 Å². The van der Waals surface area contributed by atoms with Gasteiger partial charge in [-0.2, -0.15) is 0 Å². The molecule has 0 spiro atoms. The summed E-state index contributed by atoms with van der Waals surface area (Å²) >= 11 is 0. The topological polar surface area (TPSA) is 64.0 Å². The summed E-state index contributed by atoms with van der Waals surface area (Å²) in [6, 6.07) is 3.98. The summed E-state index contributed by atoms with van der Waals surface area (Å²) in [6.07, 6.45) is 0.909. The molecule has 0 heterocycles. The third-order valence-corrected chi connectivity index (χ3v) is 3.62. The maximum Gasteiger partial charge on any atom is 0.254 e. The molecule has 0 aliphatic carbocycles. The van der Waals surface area contributed by atoms with Crippen LogP contribution in [-0.2, 0) is 0 Å². The zero-order valence-corrected chi connectivity index (χ0v) is 13.2. The summed E-state index contributed by atoms with van der Waals surface area (Å²) in [7, 11) is 0. The molecule has 0 aliphatic rings. The lowest BCUT2D eigenvalue weighted by Gasteiger charge is -2.23. The molecule has 1 aromatic rings. The predicted molar refractivity (Wildman–Crippen MR) is 83.8 cm³/mol. The van der Waals surface area contributed by atoms with Crippen LogP contribution in [0.1, 0.15) is 37.6 Å². The van der Waals surface area contributed by atoms with Crippen LogP contribution in [0.25, 0.3) is 0 Å². The summed E-state index contributed by atoms with van der Waals surface area (Å²) in [5, 5.41) is 18.9. The van der Waals surface area contributed by atoms with E-state index in [1.54, 1.807) is 4.90 Å². The largest absolute Gasteiger partial charge is 0.508 e. The van der Waals surface area contributed by atoms with Gasteiger partial charge in [0.15, 0.2) is 0 Å². The molecule has 0 bridgehead atoms. The standard InChI is InChI=1S/C16H26N2O3/c1-4-17(5-2)8-7-9-18(6-3)16(21)13-10-14(19)12-15(20)11-13/h10-12,19-20H,4-9H2,1-3H3. The molecule has 5 nitrogen and oxygen atoms in total. The van der Waals surface area contributed by atoms with Crippen LogP contribution in [-0.4, -0.2) is 58.6 Å². The van der Waals surface area contributed by atoms with Crippen LogP contribution >= 0.6 is 0 Å². The first kappa shape index (κ1) is 17.3. The van der Waals surface area contributed by atoms with Gasteiger partial charge in [-0.25, -0.2) is 0 Å². The van der Waals surface area contributed by atoms with Crippen molar-refractivity contribution in [1.82, 2.24) is 9.80 Å². The van der Waals surface area contributed by atoms with Crippen LogP contribution in [0.3, 0.4) is 0 Å². The second-order valence-corrected chi connectivity index (χ2v) is 5.00. The predicted octanol–water partition coefficient (Wildman–Crippen LogP) is 2.29. The summed E-state index contributed by atoms with van der Waals surface area (Å²) in [5.41, 5.74) is 0.317. The SMILES string of the molecule is CCN(CC)CCCN(CC)C(=O)c1cc(O)cc(O)c1. The number of hydrogen-bond acceptors (Lipinski definition) is 4. The number of benzene rings is 1. The molecule has 118 valence electrons. The highest BCUT2D eigenvalue weighted by Gasteiger charge is 2.15. The van der Waals surface area contributed by atoms with Crippen molar-refractivity contribution in [3.8, 4) is 11.5 Å². The molecule has 1 rings (SSSR count). The summed E-state index contributed by atoms with van der Waals surface area (Å²) in [6.45, 7) is 10.4. The molecule has 2 N–H and O–H groups in total. The van der Waals surface area contributed by atoms with Crippen molar-refractivity contribution in [2.75, 3.05) is 32.7 Å². The quantitative estimate of drug-likeness (QED) is 0.772. The average Bonchev–Trinajstić information content (AvgIpc) is 2.46. The first-order valence-electron chi connectivity index (χ1n) is 7.56. The highest BCUT2D eigenvalue weighted by Crippen LogP contribution is 2.21. The molecule has 1 amide bonds. The van der Waals surface area contributed by atoms with E-state index in [9.17, 15) is 15.0 Å². The molecule has 0 aromatic heterocycles. The summed E-state index contributed by atoms with van der Waals surface area (Å²) in [4.78, 5) is 16.4. The van der Waals surface area contributed by atoms with Gasteiger partial charge in [0, 0.05) is 24.7 Å². The van der Waals surface area contributed by atoms with Gasteiger partial charge < -0.3 is 20.0 Å². The molecule has 1 aromatic carbocycles. The van der Waals surface area contributed by atoms with E-state index >= 15 is 0 Å². The van der Waals surface area contributed by atoms with E-state index in [0.717, 1.165) is 26.1 Å². The molecule has 0 unspecified atom stereocenters. The van der Waals surface area contributed by atoms with Crippen molar-refractivity contribution in [3.05, 3.63) is 23.8 Å². The fraction of sp³-hybridized carbons (Fsp3) is 0.562. The van der Waals surface area contributed by atoms with Gasteiger partial charge in [0.05, 0.1) is 0 Å². The number of amides is 1. The minimum absolute atomic E-state index is 0.0995. The van der Waals surface area contributed by atoms with Gasteiger partial charge in [0.2, 0.25) is 0 Å². The fourth-order valence-corrected chi connectivity index (χ4v) is 2.33. The van der Waals surface area contributed by atoms with E-state index in [0.29, 0.717) is 18.7 Å². The normalized spacial score (nSPS) is 10.9. The van der Waals surface area contributed by atoms with Crippen LogP contribution in [0.15, 0.2) is 18.2 Å². The monoisotopic (exact) mass is 294 g/mol. The maximum absolute atomic E-state index is 12.4. The molecule has 21 heavy (non-hydrogen) atoms. The smallest absolute Gasteiger partial charge is 0.254 e. The van der Waals surface area contributed by atoms with E-state index in [2.05, 4.69) is 18.7 Å². The Morgan fingerprint density at radius 2 is 1.52 bits per heavy atom. The van der Waals surface area contributed by atoms with Crippen LogP contribution in [0.5, 0.6) is 11.5 Å². The van der Waals surface area contributed by atoms with Gasteiger partial charge in [-0.15, -0.1) is 0 Å². The Morgan fingerprint density at radius 3 is 2.00 bits per heavy atom. The van der Waals surface area contributed by atoms with Crippen molar-refractivity contribution in [1.29, 1.82) is 0 Å². The molecule has 5 heteroatoms. The van der Waals surface area contributed by atoms with Crippen molar-refractivity contribution in [2.24, 2.45) is 0 Å². The summed E-state index contributed by atoms with van der Waals surface area (Å²) in [5.74, 6) is -0.363. The Labute approximate surface area is 126 Å². The van der Waals surface area contributed by atoms with E-state index in [1.807, 2.05) is 6.92 Å². The zero-order valence-electron chi connectivity index (χ0n) is 13.2. The minimum Gasteiger partial charge on any atom is -0.508 e. The van der Waals surface area contributed by atoms with Crippen LogP contribution in [0.4, 0.5) is 0 Å². The fourth-order valence-electron chi connectivity index (χ4n) is 2.33. The number of nitrogens with zero attached hydrogens (tertiary/aromatic N) is 2. The number of phenols is 2. The van der Waals surface area contributed by atoms with Gasteiger partial charge in [0.1, 0.15) is 11.5 Å². The van der Waals surface area contributed by atoms with Crippen molar-refractivity contribution >= 4 is 5.91 Å². The second-order valence-electron chi connectivity index (χ2n) is 5.00. The Kier molecular flexibility index (Phi) is 7.02. The Hall–Kier alpha value is -1.75. The number of carbonyl (C=O) groups is 1. The molecule has 0 fully saturated rings. The lowest BCUT2D eigenvalue weighted by Crippen LogP contribution is -2.34. The number of carbonyl (C=O) groups excluding carboxylic acids is 1. The second kappa shape index (κ2) is 8.52. The highest BCUT2D eigenvalue weighted by atomic mass is 16.3. The first-order chi connectivity index (χ1) is 10.0. The highest BCUT2D eigenvalue weighted by molar-refractivity contribution is 5.95. The van der Waals surface area contributed by atoms with Crippen LogP contribution in [0, 0.1) is 0 Å².